The SMILES string of the molecule is COc1ccccc1C1=C(Nc2ccc(C)cc2C)C(=O)N(Cc2ccco2)C1=O. The number of nitrogens with one attached hydrogen (secondary N) is 1. The van der Waals surface area contributed by atoms with Crippen LogP contribution in [-0.4, -0.2) is 23.8 Å². The number of nitrogens with zero attached hydrogens (tertiary/aromatic N) is 1. The van der Waals surface area contributed by atoms with Crippen molar-refractivity contribution in [2.24, 2.45) is 0 Å². The van der Waals surface area contributed by atoms with Gasteiger partial charge in [-0.25, -0.2) is 0 Å². The number of aryl methyl sites for hydroxylation is 2. The Balaban J connectivity index is 1.81. The molecule has 0 bridgehead atoms. The van der Waals surface area contributed by atoms with Crippen LogP contribution in [0.3, 0.4) is 0 Å². The Morgan fingerprint density at radius 2 is 1.80 bits per heavy atom. The van der Waals surface area contributed by atoms with Gasteiger partial charge in [0.05, 0.1) is 25.5 Å². The number of furan rings is 1. The molecule has 0 saturated heterocycles. The van der Waals surface area contributed by atoms with Crippen molar-refractivity contribution in [2.45, 2.75) is 20.4 Å². The van der Waals surface area contributed by atoms with E-state index in [-0.39, 0.29) is 17.8 Å². The highest BCUT2D eigenvalue weighted by Crippen LogP contribution is 2.36. The molecule has 1 N–H and O–H groups in total. The summed E-state index contributed by atoms with van der Waals surface area (Å²) in [5.41, 5.74) is 3.93. The summed E-state index contributed by atoms with van der Waals surface area (Å²) in [6.45, 7) is 4.02. The van der Waals surface area contributed by atoms with Gasteiger partial charge in [-0.05, 0) is 43.7 Å². The molecule has 2 heterocycles. The standard InChI is InChI=1S/C24H22N2O4/c1-15-10-11-19(16(2)13-15)25-22-21(18-8-4-5-9-20(18)29-3)23(27)26(24(22)28)14-17-7-6-12-30-17/h4-13,25H,14H2,1-3H3. The van der Waals surface area contributed by atoms with Crippen molar-refractivity contribution < 1.29 is 18.7 Å². The van der Waals surface area contributed by atoms with Crippen LogP contribution < -0.4 is 10.1 Å². The van der Waals surface area contributed by atoms with E-state index >= 15 is 0 Å². The molecule has 0 saturated carbocycles. The molecule has 1 aromatic heterocycles. The van der Waals surface area contributed by atoms with E-state index < -0.39 is 11.8 Å². The van der Waals surface area contributed by atoms with Gasteiger partial charge in [-0.15, -0.1) is 0 Å². The smallest absolute Gasteiger partial charge is 0.278 e. The average Bonchev–Trinajstić information content (AvgIpc) is 3.33. The molecule has 152 valence electrons. The van der Waals surface area contributed by atoms with Gasteiger partial charge in [0.25, 0.3) is 11.8 Å². The van der Waals surface area contributed by atoms with Crippen molar-refractivity contribution in [3.05, 3.63) is 89.0 Å². The number of amides is 2. The number of imide groups is 1. The number of methoxy groups -OCH3 is 1. The largest absolute Gasteiger partial charge is 0.496 e. The minimum absolute atomic E-state index is 0.0569. The first kappa shape index (κ1) is 19.5. The molecule has 1 aliphatic rings. The third kappa shape index (κ3) is 3.48. The Morgan fingerprint density at radius 1 is 1.00 bits per heavy atom. The van der Waals surface area contributed by atoms with Gasteiger partial charge in [-0.1, -0.05) is 35.9 Å². The highest BCUT2D eigenvalue weighted by atomic mass is 16.5. The second-order valence-electron chi connectivity index (χ2n) is 7.17. The maximum atomic E-state index is 13.4. The van der Waals surface area contributed by atoms with Crippen LogP contribution in [0.25, 0.3) is 5.57 Å². The third-order valence-electron chi connectivity index (χ3n) is 5.08. The second kappa shape index (κ2) is 7.91. The van der Waals surface area contributed by atoms with Crippen molar-refractivity contribution in [3.63, 3.8) is 0 Å². The molecule has 30 heavy (non-hydrogen) atoms. The predicted molar refractivity (Wildman–Crippen MR) is 114 cm³/mol. The van der Waals surface area contributed by atoms with Crippen molar-refractivity contribution in [2.75, 3.05) is 12.4 Å². The van der Waals surface area contributed by atoms with Gasteiger partial charge >= 0.3 is 0 Å². The van der Waals surface area contributed by atoms with Gasteiger partial charge in [-0.2, -0.15) is 0 Å². The molecule has 2 amide bonds. The fourth-order valence-electron chi connectivity index (χ4n) is 3.58. The van der Waals surface area contributed by atoms with Crippen LogP contribution in [0.2, 0.25) is 0 Å². The Bertz CT molecular complexity index is 1150. The van der Waals surface area contributed by atoms with E-state index in [4.69, 9.17) is 9.15 Å². The van der Waals surface area contributed by atoms with Crippen LogP contribution >= 0.6 is 0 Å². The molecule has 3 aromatic rings. The number of hydrogen-bond acceptors (Lipinski definition) is 5. The molecule has 0 atom stereocenters. The minimum atomic E-state index is -0.405. The number of ether oxygens (including phenoxy) is 1. The van der Waals surface area contributed by atoms with Crippen molar-refractivity contribution in [1.29, 1.82) is 0 Å². The van der Waals surface area contributed by atoms with Gasteiger partial charge in [0.2, 0.25) is 0 Å². The molecule has 6 heteroatoms. The topological polar surface area (TPSA) is 71.8 Å². The van der Waals surface area contributed by atoms with Crippen LogP contribution in [0.15, 0.2) is 71.0 Å². The van der Waals surface area contributed by atoms with Crippen molar-refractivity contribution in [3.8, 4) is 5.75 Å². The molecule has 1 aliphatic heterocycles. The zero-order valence-corrected chi connectivity index (χ0v) is 17.1. The number of para-hydroxylation sites is 1. The summed E-state index contributed by atoms with van der Waals surface area (Å²) in [5.74, 6) is 0.253. The average molecular weight is 402 g/mol. The molecule has 0 unspecified atom stereocenters. The van der Waals surface area contributed by atoms with Crippen LogP contribution in [-0.2, 0) is 16.1 Å². The number of carbonyl (C=O) groups excluding carboxylic acids is 2. The molecular weight excluding hydrogens is 380 g/mol. The summed E-state index contributed by atoms with van der Waals surface area (Å²) < 4.78 is 10.8. The lowest BCUT2D eigenvalue weighted by Crippen LogP contribution is -2.31. The number of anilines is 1. The van der Waals surface area contributed by atoms with E-state index in [0.29, 0.717) is 17.1 Å². The van der Waals surface area contributed by atoms with Gasteiger partial charge in [0.1, 0.15) is 17.2 Å². The molecular formula is C24H22N2O4. The predicted octanol–water partition coefficient (Wildman–Crippen LogP) is 4.30. The normalized spacial score (nSPS) is 13.9. The summed E-state index contributed by atoms with van der Waals surface area (Å²) in [6.07, 6.45) is 1.52. The Morgan fingerprint density at radius 3 is 2.50 bits per heavy atom. The summed E-state index contributed by atoms with van der Waals surface area (Å²) in [4.78, 5) is 27.9. The lowest BCUT2D eigenvalue weighted by Gasteiger charge is -2.14. The van der Waals surface area contributed by atoms with E-state index in [1.165, 1.54) is 11.2 Å². The molecule has 6 nitrogen and oxygen atoms in total. The zero-order valence-electron chi connectivity index (χ0n) is 17.1. The Hall–Kier alpha value is -3.80. The van der Waals surface area contributed by atoms with E-state index in [1.807, 2.05) is 44.2 Å². The number of benzene rings is 2. The summed E-state index contributed by atoms with van der Waals surface area (Å²) in [7, 11) is 1.54. The highest BCUT2D eigenvalue weighted by Gasteiger charge is 2.40. The third-order valence-corrected chi connectivity index (χ3v) is 5.08. The van der Waals surface area contributed by atoms with Crippen molar-refractivity contribution in [1.82, 2.24) is 4.90 Å². The second-order valence-corrected chi connectivity index (χ2v) is 7.17. The molecule has 2 aromatic carbocycles. The van der Waals surface area contributed by atoms with Crippen molar-refractivity contribution >= 4 is 23.1 Å². The lowest BCUT2D eigenvalue weighted by atomic mass is 10.0. The monoisotopic (exact) mass is 402 g/mol. The number of hydrogen-bond donors (Lipinski definition) is 1. The fraction of sp³-hybridized carbons (Fsp3) is 0.167. The maximum absolute atomic E-state index is 13.4. The summed E-state index contributed by atoms with van der Waals surface area (Å²) >= 11 is 0. The molecule has 0 spiro atoms. The number of rotatable bonds is 6. The summed E-state index contributed by atoms with van der Waals surface area (Å²) in [6, 6.07) is 16.5. The maximum Gasteiger partial charge on any atom is 0.278 e. The van der Waals surface area contributed by atoms with Crippen LogP contribution in [0.5, 0.6) is 5.75 Å². The molecule has 0 radical (unpaired) electrons. The Kier molecular flexibility index (Phi) is 5.14. The van der Waals surface area contributed by atoms with E-state index in [9.17, 15) is 9.59 Å². The molecule has 0 fully saturated rings. The number of carbonyl (C=O) groups is 2. The molecule has 0 aliphatic carbocycles. The van der Waals surface area contributed by atoms with Gasteiger partial charge in [0, 0.05) is 11.3 Å². The zero-order chi connectivity index (χ0) is 21.3. The van der Waals surface area contributed by atoms with Gasteiger partial charge in [0.15, 0.2) is 0 Å². The highest BCUT2D eigenvalue weighted by molar-refractivity contribution is 6.36. The lowest BCUT2D eigenvalue weighted by molar-refractivity contribution is -0.137. The van der Waals surface area contributed by atoms with Crippen LogP contribution in [0, 0.1) is 13.8 Å². The van der Waals surface area contributed by atoms with Crippen LogP contribution in [0.4, 0.5) is 5.69 Å². The van der Waals surface area contributed by atoms with Gasteiger partial charge < -0.3 is 14.5 Å². The molecule has 4 rings (SSSR count). The fourth-order valence-corrected chi connectivity index (χ4v) is 3.58. The first-order valence-electron chi connectivity index (χ1n) is 9.60. The van der Waals surface area contributed by atoms with E-state index in [2.05, 4.69) is 5.32 Å². The quantitative estimate of drug-likeness (QED) is 0.623. The van der Waals surface area contributed by atoms with E-state index in [0.717, 1.165) is 16.8 Å². The van der Waals surface area contributed by atoms with E-state index in [1.54, 1.807) is 31.4 Å². The first-order valence-corrected chi connectivity index (χ1v) is 9.60. The van der Waals surface area contributed by atoms with Gasteiger partial charge in [-0.3, -0.25) is 14.5 Å². The minimum Gasteiger partial charge on any atom is -0.496 e. The van der Waals surface area contributed by atoms with Crippen LogP contribution in [0.1, 0.15) is 22.5 Å². The summed E-state index contributed by atoms with van der Waals surface area (Å²) in [5, 5.41) is 3.21. The Labute approximate surface area is 174 Å². The first-order chi connectivity index (χ1) is 14.5.